The highest BCUT2D eigenvalue weighted by Crippen LogP contribution is 1.87. The molecule has 13 heavy (non-hydrogen) atoms. The SMILES string of the molecule is N#CCn1nnc2c1=CCC=CC=2. The molecule has 1 aliphatic rings. The average Bonchev–Trinajstić information content (AvgIpc) is 2.38. The summed E-state index contributed by atoms with van der Waals surface area (Å²) in [5, 5.41) is 18.1. The van der Waals surface area contributed by atoms with Crippen LogP contribution in [0.2, 0.25) is 0 Å². The van der Waals surface area contributed by atoms with Gasteiger partial charge in [-0.1, -0.05) is 23.4 Å². The summed E-state index contributed by atoms with van der Waals surface area (Å²) in [5.41, 5.74) is 0. The molecule has 1 aliphatic carbocycles. The summed E-state index contributed by atoms with van der Waals surface area (Å²) in [6, 6.07) is 2.05. The van der Waals surface area contributed by atoms with Crippen molar-refractivity contribution in [1.29, 1.82) is 5.26 Å². The third-order valence-electron chi connectivity index (χ3n) is 1.86. The molecule has 0 bridgehead atoms. The first-order valence-electron chi connectivity index (χ1n) is 4.05. The lowest BCUT2D eigenvalue weighted by Crippen LogP contribution is -2.29. The second kappa shape index (κ2) is 3.23. The van der Waals surface area contributed by atoms with Crippen molar-refractivity contribution in [3.05, 3.63) is 22.9 Å². The Balaban J connectivity index is 2.63. The average molecular weight is 172 g/mol. The number of allylic oxidation sites excluding steroid dienone is 2. The molecule has 0 fully saturated rings. The standard InChI is InChI=1S/C9H8N4/c10-6-7-13-9-5-3-1-2-4-8(9)11-12-13/h1-2,4-5H,3,7H2. The molecule has 0 unspecified atom stereocenters. The maximum atomic E-state index is 8.53. The zero-order valence-corrected chi connectivity index (χ0v) is 7.01. The van der Waals surface area contributed by atoms with Gasteiger partial charge >= 0.3 is 0 Å². The van der Waals surface area contributed by atoms with Crippen molar-refractivity contribution in [3.8, 4) is 6.07 Å². The van der Waals surface area contributed by atoms with Gasteiger partial charge in [0.25, 0.3) is 0 Å². The molecule has 4 heteroatoms. The van der Waals surface area contributed by atoms with E-state index in [0.717, 1.165) is 17.1 Å². The Hall–Kier alpha value is -1.89. The number of hydrogen-bond acceptors (Lipinski definition) is 3. The van der Waals surface area contributed by atoms with Crippen LogP contribution in [0.4, 0.5) is 0 Å². The molecular weight excluding hydrogens is 164 g/mol. The largest absolute Gasteiger partial charge is 0.231 e. The van der Waals surface area contributed by atoms with Gasteiger partial charge in [-0.05, 0) is 12.5 Å². The van der Waals surface area contributed by atoms with Gasteiger partial charge in [-0.2, -0.15) is 5.26 Å². The Bertz CT molecular complexity index is 487. The Kier molecular flexibility index (Phi) is 1.93. The van der Waals surface area contributed by atoms with Gasteiger partial charge in [0.05, 0.1) is 11.4 Å². The van der Waals surface area contributed by atoms with E-state index in [4.69, 9.17) is 5.26 Å². The summed E-state index contributed by atoms with van der Waals surface area (Å²) in [4.78, 5) is 0. The van der Waals surface area contributed by atoms with Crippen molar-refractivity contribution in [1.82, 2.24) is 15.0 Å². The van der Waals surface area contributed by atoms with E-state index in [9.17, 15) is 0 Å². The second-order valence-corrected chi connectivity index (χ2v) is 2.71. The van der Waals surface area contributed by atoms with Crippen molar-refractivity contribution in [3.63, 3.8) is 0 Å². The third kappa shape index (κ3) is 1.36. The van der Waals surface area contributed by atoms with E-state index in [1.807, 2.05) is 30.4 Å². The van der Waals surface area contributed by atoms with E-state index >= 15 is 0 Å². The molecule has 0 spiro atoms. The molecule has 0 atom stereocenters. The minimum atomic E-state index is 0.257. The highest BCUT2D eigenvalue weighted by Gasteiger charge is 1.98. The molecule has 64 valence electrons. The summed E-state index contributed by atoms with van der Waals surface area (Å²) in [5.74, 6) is 0. The predicted molar refractivity (Wildman–Crippen MR) is 47.6 cm³/mol. The molecule has 2 rings (SSSR count). The highest BCUT2D eigenvalue weighted by molar-refractivity contribution is 5.40. The molecule has 0 radical (unpaired) electrons. The normalized spacial score (nSPS) is 13.5. The van der Waals surface area contributed by atoms with Gasteiger partial charge in [-0.15, -0.1) is 5.10 Å². The van der Waals surface area contributed by atoms with Crippen LogP contribution in [-0.4, -0.2) is 15.0 Å². The molecule has 0 aromatic carbocycles. The van der Waals surface area contributed by atoms with Crippen LogP contribution in [0.25, 0.3) is 12.2 Å². The van der Waals surface area contributed by atoms with Crippen LogP contribution in [-0.2, 0) is 6.54 Å². The fourth-order valence-corrected chi connectivity index (χ4v) is 1.26. The van der Waals surface area contributed by atoms with Gasteiger partial charge in [0.2, 0.25) is 0 Å². The molecule has 4 nitrogen and oxygen atoms in total. The molecular formula is C9H8N4. The van der Waals surface area contributed by atoms with E-state index in [1.54, 1.807) is 4.68 Å². The Morgan fingerprint density at radius 2 is 2.54 bits per heavy atom. The zero-order valence-electron chi connectivity index (χ0n) is 7.01. The molecule has 0 amide bonds. The maximum absolute atomic E-state index is 8.53. The highest BCUT2D eigenvalue weighted by atomic mass is 15.4. The van der Waals surface area contributed by atoms with Crippen LogP contribution in [0.1, 0.15) is 6.42 Å². The van der Waals surface area contributed by atoms with Gasteiger partial charge in [-0.25, -0.2) is 4.68 Å². The quantitative estimate of drug-likeness (QED) is 0.564. The summed E-state index contributed by atoms with van der Waals surface area (Å²) in [6.07, 6.45) is 8.78. The number of nitriles is 1. The minimum Gasteiger partial charge on any atom is -0.231 e. The zero-order chi connectivity index (χ0) is 9.10. The van der Waals surface area contributed by atoms with Crippen LogP contribution < -0.4 is 10.7 Å². The fraction of sp³-hybridized carbons (Fsp3) is 0.222. The van der Waals surface area contributed by atoms with Crippen LogP contribution in [0.5, 0.6) is 0 Å². The summed E-state index contributed by atoms with van der Waals surface area (Å²) >= 11 is 0. The first kappa shape index (κ1) is 7.74. The lowest BCUT2D eigenvalue weighted by Gasteiger charge is -1.89. The van der Waals surface area contributed by atoms with E-state index < -0.39 is 0 Å². The van der Waals surface area contributed by atoms with Gasteiger partial charge < -0.3 is 0 Å². The monoisotopic (exact) mass is 172 g/mol. The van der Waals surface area contributed by atoms with Gasteiger partial charge in [0.1, 0.15) is 11.9 Å². The Labute approximate surface area is 75.1 Å². The summed E-state index contributed by atoms with van der Waals surface area (Å²) in [6.45, 7) is 0.257. The Morgan fingerprint density at radius 1 is 1.62 bits per heavy atom. The number of nitrogens with zero attached hydrogens (tertiary/aromatic N) is 4. The van der Waals surface area contributed by atoms with Crippen LogP contribution in [0.15, 0.2) is 12.2 Å². The lowest BCUT2D eigenvalue weighted by molar-refractivity contribution is 0.652. The molecule has 1 heterocycles. The molecule has 1 aromatic rings. The van der Waals surface area contributed by atoms with Gasteiger partial charge in [0, 0.05) is 0 Å². The molecule has 0 saturated heterocycles. The van der Waals surface area contributed by atoms with Crippen molar-refractivity contribution in [2.75, 3.05) is 0 Å². The third-order valence-corrected chi connectivity index (χ3v) is 1.86. The van der Waals surface area contributed by atoms with Crippen LogP contribution in [0.3, 0.4) is 0 Å². The van der Waals surface area contributed by atoms with Crippen molar-refractivity contribution in [2.24, 2.45) is 0 Å². The molecule has 0 saturated carbocycles. The fourth-order valence-electron chi connectivity index (χ4n) is 1.26. The lowest BCUT2D eigenvalue weighted by atomic mass is 10.4. The minimum absolute atomic E-state index is 0.257. The smallest absolute Gasteiger partial charge is 0.130 e. The number of aromatic nitrogens is 3. The molecule has 1 aromatic heterocycles. The van der Waals surface area contributed by atoms with Crippen molar-refractivity contribution in [2.45, 2.75) is 13.0 Å². The van der Waals surface area contributed by atoms with E-state index in [1.165, 1.54) is 0 Å². The summed E-state index contributed by atoms with van der Waals surface area (Å²) in [7, 11) is 0. The molecule has 0 N–H and O–H groups in total. The maximum Gasteiger partial charge on any atom is 0.130 e. The van der Waals surface area contributed by atoms with Crippen molar-refractivity contribution >= 4 is 12.2 Å². The predicted octanol–water partition coefficient (Wildman–Crippen LogP) is -0.677. The topological polar surface area (TPSA) is 54.5 Å². The molecule has 0 aliphatic heterocycles. The number of fused-ring (bicyclic) bond motifs is 1. The van der Waals surface area contributed by atoms with Gasteiger partial charge in [-0.3, -0.25) is 0 Å². The summed E-state index contributed by atoms with van der Waals surface area (Å²) < 4.78 is 1.61. The number of hydrogen-bond donors (Lipinski definition) is 0. The van der Waals surface area contributed by atoms with E-state index in [-0.39, 0.29) is 6.54 Å². The van der Waals surface area contributed by atoms with Crippen LogP contribution >= 0.6 is 0 Å². The van der Waals surface area contributed by atoms with Crippen LogP contribution in [0, 0.1) is 11.3 Å². The first-order chi connectivity index (χ1) is 6.42. The van der Waals surface area contributed by atoms with E-state index in [0.29, 0.717) is 0 Å². The first-order valence-corrected chi connectivity index (χ1v) is 4.05. The van der Waals surface area contributed by atoms with Gasteiger partial charge in [0.15, 0.2) is 0 Å². The van der Waals surface area contributed by atoms with E-state index in [2.05, 4.69) is 10.3 Å². The second-order valence-electron chi connectivity index (χ2n) is 2.71. The van der Waals surface area contributed by atoms with Crippen molar-refractivity contribution < 1.29 is 0 Å². The Morgan fingerprint density at radius 3 is 3.38 bits per heavy atom. The number of rotatable bonds is 1.